The summed E-state index contributed by atoms with van der Waals surface area (Å²) < 4.78 is 0. The number of hydrogen-bond acceptors (Lipinski definition) is 3. The summed E-state index contributed by atoms with van der Waals surface area (Å²) in [5, 5.41) is 14.8. The van der Waals surface area contributed by atoms with E-state index < -0.39 is 11.9 Å². The predicted molar refractivity (Wildman–Crippen MR) is 77.7 cm³/mol. The van der Waals surface area contributed by atoms with Crippen molar-refractivity contribution < 1.29 is 14.7 Å². The highest BCUT2D eigenvalue weighted by Gasteiger charge is 2.33. The number of hydrogen-bond donors (Lipinski definition) is 3. The van der Waals surface area contributed by atoms with E-state index in [1.54, 1.807) is 0 Å². The van der Waals surface area contributed by atoms with Gasteiger partial charge >= 0.3 is 12.0 Å². The first-order chi connectivity index (χ1) is 9.47. The first-order valence-electron chi connectivity index (χ1n) is 7.50. The van der Waals surface area contributed by atoms with E-state index in [1.165, 1.54) is 0 Å². The molecule has 6 heteroatoms. The van der Waals surface area contributed by atoms with Crippen LogP contribution in [0, 0.1) is 5.92 Å². The van der Waals surface area contributed by atoms with E-state index in [1.807, 2.05) is 6.92 Å². The van der Waals surface area contributed by atoms with Crippen LogP contribution >= 0.6 is 0 Å². The summed E-state index contributed by atoms with van der Waals surface area (Å²) in [6.45, 7) is 8.84. The maximum Gasteiger partial charge on any atom is 0.315 e. The van der Waals surface area contributed by atoms with Crippen molar-refractivity contribution in [2.45, 2.75) is 52.1 Å². The Labute approximate surface area is 120 Å². The Bertz CT molecular complexity index is 332. The van der Waals surface area contributed by atoms with Crippen molar-refractivity contribution in [1.29, 1.82) is 0 Å². The number of carboxylic acid groups (broad SMARTS) is 1. The van der Waals surface area contributed by atoms with Gasteiger partial charge in [0.2, 0.25) is 0 Å². The number of likely N-dealkylation sites (N-methyl/N-ethyl adjacent to an activating group) is 1. The first kappa shape index (κ1) is 16.8. The van der Waals surface area contributed by atoms with Crippen LogP contribution in [0.15, 0.2) is 0 Å². The van der Waals surface area contributed by atoms with Gasteiger partial charge in [0.05, 0.1) is 5.92 Å². The van der Waals surface area contributed by atoms with Gasteiger partial charge in [0.15, 0.2) is 0 Å². The molecule has 0 aromatic rings. The molecule has 116 valence electrons. The van der Waals surface area contributed by atoms with Crippen LogP contribution in [0.2, 0.25) is 0 Å². The molecular weight excluding hydrogens is 258 g/mol. The van der Waals surface area contributed by atoms with Crippen LogP contribution in [-0.2, 0) is 4.79 Å². The number of amides is 2. The van der Waals surface area contributed by atoms with Crippen LogP contribution in [0.4, 0.5) is 4.79 Å². The highest BCUT2D eigenvalue weighted by atomic mass is 16.4. The molecule has 3 atom stereocenters. The third-order valence-corrected chi connectivity index (χ3v) is 3.95. The Morgan fingerprint density at radius 3 is 2.50 bits per heavy atom. The van der Waals surface area contributed by atoms with Gasteiger partial charge in [0, 0.05) is 18.6 Å². The van der Waals surface area contributed by atoms with E-state index in [0.29, 0.717) is 6.42 Å². The Morgan fingerprint density at radius 1 is 1.30 bits per heavy atom. The topological polar surface area (TPSA) is 81.7 Å². The maximum atomic E-state index is 11.9. The van der Waals surface area contributed by atoms with Crippen LogP contribution < -0.4 is 10.6 Å². The van der Waals surface area contributed by atoms with Crippen LogP contribution in [-0.4, -0.2) is 53.7 Å². The lowest BCUT2D eigenvalue weighted by molar-refractivity contribution is -0.142. The van der Waals surface area contributed by atoms with Crippen molar-refractivity contribution in [1.82, 2.24) is 15.5 Å². The quantitative estimate of drug-likeness (QED) is 0.658. The standard InChI is InChI=1S/C14H27N3O3/c1-4-17(5-2)9-10(3)15-14(20)16-12-8-6-7-11(12)13(18)19/h10-12H,4-9H2,1-3H3,(H,18,19)(H2,15,16,20). The van der Waals surface area contributed by atoms with Gasteiger partial charge in [-0.25, -0.2) is 4.79 Å². The van der Waals surface area contributed by atoms with E-state index in [2.05, 4.69) is 29.4 Å². The second-order valence-electron chi connectivity index (χ2n) is 5.49. The monoisotopic (exact) mass is 285 g/mol. The van der Waals surface area contributed by atoms with Gasteiger partial charge in [-0.2, -0.15) is 0 Å². The molecule has 0 saturated heterocycles. The highest BCUT2D eigenvalue weighted by molar-refractivity contribution is 5.77. The minimum absolute atomic E-state index is 0.0413. The van der Waals surface area contributed by atoms with Crippen molar-refractivity contribution in [2.24, 2.45) is 5.92 Å². The van der Waals surface area contributed by atoms with Crippen LogP contribution in [0.5, 0.6) is 0 Å². The number of nitrogens with zero attached hydrogens (tertiary/aromatic N) is 1. The average Bonchev–Trinajstić information content (AvgIpc) is 2.83. The van der Waals surface area contributed by atoms with Crippen molar-refractivity contribution in [3.05, 3.63) is 0 Å². The molecule has 0 aromatic carbocycles. The van der Waals surface area contributed by atoms with Crippen LogP contribution in [0.3, 0.4) is 0 Å². The van der Waals surface area contributed by atoms with Crippen molar-refractivity contribution in [2.75, 3.05) is 19.6 Å². The molecule has 0 bridgehead atoms. The second-order valence-corrected chi connectivity index (χ2v) is 5.49. The molecule has 0 aromatic heterocycles. The Morgan fingerprint density at radius 2 is 1.95 bits per heavy atom. The molecule has 2 amide bonds. The SMILES string of the molecule is CCN(CC)CC(C)NC(=O)NC1CCCC1C(=O)O. The van der Waals surface area contributed by atoms with E-state index >= 15 is 0 Å². The van der Waals surface area contributed by atoms with Crippen LogP contribution in [0.1, 0.15) is 40.0 Å². The molecule has 0 spiro atoms. The summed E-state index contributed by atoms with van der Waals surface area (Å²) in [7, 11) is 0. The number of carboxylic acids is 1. The Hall–Kier alpha value is -1.30. The average molecular weight is 285 g/mol. The van der Waals surface area contributed by atoms with Gasteiger partial charge in [-0.3, -0.25) is 4.79 Å². The summed E-state index contributed by atoms with van der Waals surface area (Å²) in [5.41, 5.74) is 0. The van der Waals surface area contributed by atoms with Gasteiger partial charge in [0.1, 0.15) is 0 Å². The molecule has 1 fully saturated rings. The molecule has 1 rings (SSSR count). The highest BCUT2D eigenvalue weighted by Crippen LogP contribution is 2.25. The molecule has 6 nitrogen and oxygen atoms in total. The molecule has 1 aliphatic rings. The molecule has 0 aliphatic heterocycles. The van der Waals surface area contributed by atoms with E-state index in [9.17, 15) is 9.59 Å². The maximum absolute atomic E-state index is 11.9. The summed E-state index contributed by atoms with van der Waals surface area (Å²) in [6, 6.07) is -0.462. The molecule has 0 heterocycles. The number of rotatable bonds is 7. The smallest absolute Gasteiger partial charge is 0.315 e. The fourth-order valence-electron chi connectivity index (χ4n) is 2.78. The number of carbonyl (C=O) groups excluding carboxylic acids is 1. The third-order valence-electron chi connectivity index (χ3n) is 3.95. The first-order valence-corrected chi connectivity index (χ1v) is 7.50. The van der Waals surface area contributed by atoms with Crippen molar-refractivity contribution in [3.63, 3.8) is 0 Å². The lowest BCUT2D eigenvalue weighted by Crippen LogP contribution is -2.50. The zero-order valence-corrected chi connectivity index (χ0v) is 12.7. The molecule has 1 aliphatic carbocycles. The number of nitrogens with one attached hydrogen (secondary N) is 2. The minimum Gasteiger partial charge on any atom is -0.481 e. The fraction of sp³-hybridized carbons (Fsp3) is 0.857. The van der Waals surface area contributed by atoms with Gasteiger partial charge in [-0.1, -0.05) is 20.3 Å². The normalized spacial score (nSPS) is 23.6. The number of urea groups is 1. The summed E-state index contributed by atoms with van der Waals surface area (Å²) in [4.78, 5) is 25.2. The van der Waals surface area contributed by atoms with Gasteiger partial charge < -0.3 is 20.6 Å². The van der Waals surface area contributed by atoms with Gasteiger partial charge in [0.25, 0.3) is 0 Å². The molecular formula is C14H27N3O3. The van der Waals surface area contributed by atoms with Crippen LogP contribution in [0.25, 0.3) is 0 Å². The predicted octanol–water partition coefficient (Wildman–Crippen LogP) is 1.27. The Balaban J connectivity index is 2.37. The van der Waals surface area contributed by atoms with Gasteiger partial charge in [-0.15, -0.1) is 0 Å². The minimum atomic E-state index is -0.816. The molecule has 3 unspecified atom stereocenters. The van der Waals surface area contributed by atoms with E-state index in [0.717, 1.165) is 32.5 Å². The molecule has 0 radical (unpaired) electrons. The van der Waals surface area contributed by atoms with Crippen molar-refractivity contribution in [3.8, 4) is 0 Å². The zero-order valence-electron chi connectivity index (χ0n) is 12.7. The second kappa shape index (κ2) is 8.09. The summed E-state index contributed by atoms with van der Waals surface area (Å²) in [5.74, 6) is -1.26. The number of aliphatic carboxylic acids is 1. The Kier molecular flexibility index (Phi) is 6.78. The lowest BCUT2D eigenvalue weighted by Gasteiger charge is -2.25. The third kappa shape index (κ3) is 5.00. The largest absolute Gasteiger partial charge is 0.481 e. The fourth-order valence-corrected chi connectivity index (χ4v) is 2.78. The number of carbonyl (C=O) groups is 2. The summed E-state index contributed by atoms with van der Waals surface area (Å²) >= 11 is 0. The molecule has 20 heavy (non-hydrogen) atoms. The van der Waals surface area contributed by atoms with Gasteiger partial charge in [-0.05, 0) is 32.9 Å². The molecule has 1 saturated carbocycles. The lowest BCUT2D eigenvalue weighted by atomic mass is 10.0. The zero-order chi connectivity index (χ0) is 15.1. The van der Waals surface area contributed by atoms with E-state index in [4.69, 9.17) is 5.11 Å². The molecule has 3 N–H and O–H groups in total. The van der Waals surface area contributed by atoms with Crippen molar-refractivity contribution >= 4 is 12.0 Å². The summed E-state index contributed by atoms with van der Waals surface area (Å²) in [6.07, 6.45) is 2.25. The van der Waals surface area contributed by atoms with E-state index in [-0.39, 0.29) is 18.1 Å².